The fourth-order valence-corrected chi connectivity index (χ4v) is 2.29. The van der Waals surface area contributed by atoms with E-state index >= 15 is 0 Å². The average molecular weight is 214 g/mol. The van der Waals surface area contributed by atoms with E-state index in [0.29, 0.717) is 0 Å². The van der Waals surface area contributed by atoms with E-state index < -0.39 is 5.54 Å². The Morgan fingerprint density at radius 3 is 2.27 bits per heavy atom. The molecule has 0 N–H and O–H groups in total. The van der Waals surface area contributed by atoms with E-state index in [-0.39, 0.29) is 17.7 Å². The van der Waals surface area contributed by atoms with Crippen molar-refractivity contribution in [3.63, 3.8) is 0 Å². The Kier molecular flexibility index (Phi) is 3.49. The minimum atomic E-state index is -0.410. The molecule has 2 unspecified atom stereocenters. The Morgan fingerprint density at radius 2 is 1.93 bits per heavy atom. The fraction of sp³-hybridized carbons (Fsp3) is 1.00. The van der Waals surface area contributed by atoms with Crippen LogP contribution >= 0.6 is 0 Å². The second-order valence-corrected chi connectivity index (χ2v) is 5.81. The molecule has 0 spiro atoms. The number of hydrogen-bond acceptors (Lipinski definition) is 3. The molecule has 1 saturated heterocycles. The van der Waals surface area contributed by atoms with Crippen LogP contribution in [0, 0.1) is 5.21 Å². The highest BCUT2D eigenvalue weighted by Gasteiger charge is 2.47. The van der Waals surface area contributed by atoms with Crippen LogP contribution < -0.4 is 0 Å². The van der Waals surface area contributed by atoms with Gasteiger partial charge in [-0.15, -0.1) is 0 Å². The van der Waals surface area contributed by atoms with Crippen molar-refractivity contribution in [2.24, 2.45) is 0 Å². The van der Waals surface area contributed by atoms with Gasteiger partial charge in [0.05, 0.1) is 12.2 Å². The predicted molar refractivity (Wildman–Crippen MR) is 62.6 cm³/mol. The van der Waals surface area contributed by atoms with Crippen molar-refractivity contribution in [1.82, 2.24) is 5.06 Å². The lowest BCUT2D eigenvalue weighted by Gasteiger charge is -2.47. The first-order chi connectivity index (χ1) is 6.71. The van der Waals surface area contributed by atoms with Gasteiger partial charge in [-0.2, -0.15) is 0 Å². The lowest BCUT2D eigenvalue weighted by Crippen LogP contribution is -2.47. The SMILES string of the molecule is CCC(C)OC1CC(C)(C)N([O-])C1(C)C. The highest BCUT2D eigenvalue weighted by atomic mass is 16.5. The van der Waals surface area contributed by atoms with Gasteiger partial charge >= 0.3 is 0 Å². The summed E-state index contributed by atoms with van der Waals surface area (Å²) in [6.45, 7) is 12.1. The molecule has 0 amide bonds. The van der Waals surface area contributed by atoms with E-state index in [2.05, 4.69) is 13.8 Å². The minimum absolute atomic E-state index is 0.0416. The van der Waals surface area contributed by atoms with Crippen molar-refractivity contribution < 1.29 is 4.74 Å². The molecule has 1 aliphatic heterocycles. The van der Waals surface area contributed by atoms with Crippen LogP contribution in [0.2, 0.25) is 0 Å². The van der Waals surface area contributed by atoms with E-state index in [1.165, 1.54) is 5.06 Å². The highest BCUT2D eigenvalue weighted by molar-refractivity contribution is 5.07. The van der Waals surface area contributed by atoms with Crippen LogP contribution in [0.4, 0.5) is 0 Å². The smallest absolute Gasteiger partial charge is 0.0765 e. The fourth-order valence-electron chi connectivity index (χ4n) is 2.29. The molecular formula is C12H24NO2-. The molecule has 1 aliphatic rings. The average Bonchev–Trinajstić information content (AvgIpc) is 2.27. The predicted octanol–water partition coefficient (Wildman–Crippen LogP) is 2.93. The molecule has 90 valence electrons. The van der Waals surface area contributed by atoms with Crippen LogP contribution in [0.3, 0.4) is 0 Å². The number of nitrogens with zero attached hydrogens (tertiary/aromatic N) is 1. The molecule has 0 aromatic carbocycles. The zero-order valence-electron chi connectivity index (χ0n) is 10.8. The summed E-state index contributed by atoms with van der Waals surface area (Å²) in [4.78, 5) is 0. The quantitative estimate of drug-likeness (QED) is 0.724. The third-order valence-electron chi connectivity index (χ3n) is 3.52. The highest BCUT2D eigenvalue weighted by Crippen LogP contribution is 2.41. The second kappa shape index (κ2) is 4.04. The Balaban J connectivity index is 2.75. The van der Waals surface area contributed by atoms with Gasteiger partial charge < -0.3 is 15.0 Å². The molecule has 0 aromatic rings. The first-order valence-corrected chi connectivity index (χ1v) is 5.84. The third kappa shape index (κ3) is 2.35. The molecule has 1 fully saturated rings. The molecular weight excluding hydrogens is 190 g/mol. The molecule has 0 aromatic heterocycles. The van der Waals surface area contributed by atoms with Crippen molar-refractivity contribution in [2.75, 3.05) is 0 Å². The topological polar surface area (TPSA) is 35.5 Å². The Morgan fingerprint density at radius 1 is 1.40 bits per heavy atom. The van der Waals surface area contributed by atoms with Gasteiger partial charge in [0.15, 0.2) is 0 Å². The van der Waals surface area contributed by atoms with E-state index in [1.807, 2.05) is 27.7 Å². The monoisotopic (exact) mass is 214 g/mol. The van der Waals surface area contributed by atoms with Gasteiger partial charge in [0.1, 0.15) is 0 Å². The minimum Gasteiger partial charge on any atom is -0.784 e. The molecule has 3 heteroatoms. The zero-order valence-corrected chi connectivity index (χ0v) is 10.8. The summed E-state index contributed by atoms with van der Waals surface area (Å²) in [5.74, 6) is 0. The van der Waals surface area contributed by atoms with Crippen LogP contribution in [0.1, 0.15) is 54.4 Å². The molecule has 0 aliphatic carbocycles. The van der Waals surface area contributed by atoms with Crippen molar-refractivity contribution in [3.8, 4) is 0 Å². The molecule has 15 heavy (non-hydrogen) atoms. The lowest BCUT2D eigenvalue weighted by molar-refractivity contribution is -0.0439. The number of hydrogen-bond donors (Lipinski definition) is 0. The van der Waals surface area contributed by atoms with Crippen LogP contribution in [-0.4, -0.2) is 28.3 Å². The maximum absolute atomic E-state index is 12.1. The van der Waals surface area contributed by atoms with Gasteiger partial charge in [-0.3, -0.25) is 0 Å². The molecule has 1 rings (SSSR count). The first kappa shape index (κ1) is 12.9. The standard InChI is InChI=1S/C12H24NO2/c1-7-9(2)15-10-8-11(3,4)13(14)12(10,5)6/h9-10H,7-8H2,1-6H3/q-1. The van der Waals surface area contributed by atoms with Crippen LogP contribution in [0.15, 0.2) is 0 Å². The van der Waals surface area contributed by atoms with Gasteiger partial charge in [-0.05, 0) is 47.5 Å². The van der Waals surface area contributed by atoms with Crippen LogP contribution in [0.5, 0.6) is 0 Å². The lowest BCUT2D eigenvalue weighted by atomic mass is 9.97. The summed E-state index contributed by atoms with van der Waals surface area (Å²) in [6.07, 6.45) is 2.08. The maximum Gasteiger partial charge on any atom is 0.0765 e. The summed E-state index contributed by atoms with van der Waals surface area (Å²) >= 11 is 0. The molecule has 3 nitrogen and oxygen atoms in total. The Bertz CT molecular complexity index is 226. The maximum atomic E-state index is 12.1. The molecule has 2 atom stereocenters. The van der Waals surface area contributed by atoms with Gasteiger partial charge in [-0.1, -0.05) is 6.92 Å². The van der Waals surface area contributed by atoms with E-state index in [0.717, 1.165) is 12.8 Å². The summed E-state index contributed by atoms with van der Waals surface area (Å²) in [5.41, 5.74) is -0.714. The van der Waals surface area contributed by atoms with Gasteiger partial charge in [-0.25, -0.2) is 0 Å². The molecule has 0 radical (unpaired) electrons. The zero-order chi connectivity index (χ0) is 11.9. The van der Waals surface area contributed by atoms with Crippen LogP contribution in [0.25, 0.3) is 0 Å². The summed E-state index contributed by atoms with van der Waals surface area (Å²) in [6, 6.07) is 0. The third-order valence-corrected chi connectivity index (χ3v) is 3.52. The summed E-state index contributed by atoms with van der Waals surface area (Å²) in [5, 5.41) is 13.3. The molecule has 1 heterocycles. The first-order valence-electron chi connectivity index (χ1n) is 5.84. The van der Waals surface area contributed by atoms with E-state index in [4.69, 9.17) is 4.74 Å². The number of ether oxygens (including phenoxy) is 1. The van der Waals surface area contributed by atoms with Crippen molar-refractivity contribution >= 4 is 0 Å². The van der Waals surface area contributed by atoms with Crippen molar-refractivity contribution in [1.29, 1.82) is 0 Å². The van der Waals surface area contributed by atoms with Crippen molar-refractivity contribution in [3.05, 3.63) is 5.21 Å². The summed E-state index contributed by atoms with van der Waals surface area (Å²) in [7, 11) is 0. The van der Waals surface area contributed by atoms with Gasteiger partial charge in [0.25, 0.3) is 0 Å². The number of rotatable bonds is 3. The normalized spacial score (nSPS) is 31.8. The Hall–Kier alpha value is -0.120. The van der Waals surface area contributed by atoms with E-state index in [1.54, 1.807) is 0 Å². The molecule has 0 saturated carbocycles. The van der Waals surface area contributed by atoms with Crippen molar-refractivity contribution in [2.45, 2.75) is 77.7 Å². The van der Waals surface area contributed by atoms with Crippen LogP contribution in [-0.2, 0) is 4.74 Å². The molecule has 0 bridgehead atoms. The van der Waals surface area contributed by atoms with Gasteiger partial charge in [0.2, 0.25) is 0 Å². The Labute approximate surface area is 93.4 Å². The summed E-state index contributed by atoms with van der Waals surface area (Å²) < 4.78 is 5.94. The second-order valence-electron chi connectivity index (χ2n) is 5.81. The largest absolute Gasteiger partial charge is 0.784 e. The van der Waals surface area contributed by atoms with Gasteiger partial charge in [0, 0.05) is 11.1 Å². The van der Waals surface area contributed by atoms with E-state index in [9.17, 15) is 5.21 Å². The number of hydroxylamine groups is 2.